The van der Waals surface area contributed by atoms with Crippen LogP contribution >= 0.6 is 0 Å². The van der Waals surface area contributed by atoms with Gasteiger partial charge in [-0.2, -0.15) is 0 Å². The van der Waals surface area contributed by atoms with E-state index in [9.17, 15) is 22.0 Å². The summed E-state index contributed by atoms with van der Waals surface area (Å²) in [5, 5.41) is 0. The maximum absolute atomic E-state index is 14.5. The topological polar surface area (TPSA) is 98.2 Å². The summed E-state index contributed by atoms with van der Waals surface area (Å²) in [5.74, 6) is -3.40. The molecule has 0 saturated carbocycles. The van der Waals surface area contributed by atoms with Crippen LogP contribution in [0.25, 0.3) is 11.0 Å². The molecule has 0 atom stereocenters. The summed E-state index contributed by atoms with van der Waals surface area (Å²) >= 11 is 0. The van der Waals surface area contributed by atoms with Crippen LogP contribution in [-0.2, 0) is 10.0 Å². The van der Waals surface area contributed by atoms with Crippen LogP contribution in [0, 0.1) is 11.6 Å². The van der Waals surface area contributed by atoms with E-state index in [1.807, 2.05) is 0 Å². The molecule has 0 unspecified atom stereocenters. The van der Waals surface area contributed by atoms with Crippen LogP contribution in [0.15, 0.2) is 71.8 Å². The van der Waals surface area contributed by atoms with Gasteiger partial charge in [0, 0.05) is 11.6 Å². The molecule has 1 N–H and O–H groups in total. The largest absolute Gasteiger partial charge is 0.480 e. The number of nitrogens with zero attached hydrogens (tertiary/aromatic N) is 2. The minimum atomic E-state index is -4.07. The van der Waals surface area contributed by atoms with Crippen LogP contribution in [0.5, 0.6) is 5.88 Å². The highest BCUT2D eigenvalue weighted by Crippen LogP contribution is 2.25. The number of carbonyl (C=O) groups excluding carboxylic acids is 1. The van der Waals surface area contributed by atoms with Crippen molar-refractivity contribution in [2.45, 2.75) is 4.90 Å². The lowest BCUT2D eigenvalue weighted by Crippen LogP contribution is -2.14. The number of sulfonamides is 1. The fraction of sp³-hybridized carbons (Fsp3) is 0.0455. The Morgan fingerprint density at radius 3 is 2.47 bits per heavy atom. The SMILES string of the molecule is COc1cnc2ccc(C(=O)c3cc(NS(=O)(=O)c4ccccc4)cc(F)c3F)cc2n1. The van der Waals surface area contributed by atoms with Gasteiger partial charge in [0.05, 0.1) is 40.5 Å². The Hall–Kier alpha value is -3.92. The highest BCUT2D eigenvalue weighted by Gasteiger charge is 2.22. The fourth-order valence-electron chi connectivity index (χ4n) is 3.02. The lowest BCUT2D eigenvalue weighted by Gasteiger charge is -2.11. The van der Waals surface area contributed by atoms with E-state index >= 15 is 0 Å². The standard InChI is InChI=1S/C22H15F2N3O4S/c1-31-20-12-25-18-8-7-13(9-19(18)26-20)22(28)16-10-14(11-17(23)21(16)24)27-32(29,30)15-5-3-2-4-6-15/h2-12,27H,1H3. The molecule has 0 fully saturated rings. The average Bonchev–Trinajstić information content (AvgIpc) is 2.80. The zero-order valence-electron chi connectivity index (χ0n) is 16.5. The lowest BCUT2D eigenvalue weighted by atomic mass is 10.0. The van der Waals surface area contributed by atoms with Crippen LogP contribution in [-0.4, -0.2) is 31.3 Å². The Morgan fingerprint density at radius 1 is 1.00 bits per heavy atom. The van der Waals surface area contributed by atoms with Crippen LogP contribution < -0.4 is 9.46 Å². The highest BCUT2D eigenvalue weighted by atomic mass is 32.2. The number of methoxy groups -OCH3 is 1. The molecule has 0 aliphatic carbocycles. The quantitative estimate of drug-likeness (QED) is 0.442. The number of aromatic nitrogens is 2. The third kappa shape index (κ3) is 4.12. The van der Waals surface area contributed by atoms with E-state index in [0.29, 0.717) is 17.1 Å². The molecular formula is C22H15F2N3O4S. The van der Waals surface area contributed by atoms with Gasteiger partial charge in [-0.25, -0.2) is 27.2 Å². The summed E-state index contributed by atoms with van der Waals surface area (Å²) in [5.41, 5.74) is -0.124. The summed E-state index contributed by atoms with van der Waals surface area (Å²) < 4.78 is 60.9. The van der Waals surface area contributed by atoms with Gasteiger partial charge in [-0.05, 0) is 36.4 Å². The first kappa shape index (κ1) is 21.3. The van der Waals surface area contributed by atoms with Gasteiger partial charge in [0.1, 0.15) is 0 Å². The van der Waals surface area contributed by atoms with Gasteiger partial charge < -0.3 is 4.74 Å². The molecule has 7 nitrogen and oxygen atoms in total. The number of hydrogen-bond donors (Lipinski definition) is 1. The first-order valence-electron chi connectivity index (χ1n) is 9.21. The molecule has 1 aromatic heterocycles. The molecule has 0 amide bonds. The third-order valence-electron chi connectivity index (χ3n) is 4.57. The molecule has 4 rings (SSSR count). The monoisotopic (exact) mass is 455 g/mol. The average molecular weight is 455 g/mol. The van der Waals surface area contributed by atoms with Crippen molar-refractivity contribution in [3.05, 3.63) is 89.6 Å². The Morgan fingerprint density at radius 2 is 1.75 bits per heavy atom. The minimum absolute atomic E-state index is 0.0152. The first-order valence-corrected chi connectivity index (χ1v) is 10.7. The molecule has 4 aromatic rings. The number of ether oxygens (including phenoxy) is 1. The Bertz CT molecular complexity index is 1440. The molecule has 1 heterocycles. The van der Waals surface area contributed by atoms with Crippen LogP contribution in [0.2, 0.25) is 0 Å². The highest BCUT2D eigenvalue weighted by molar-refractivity contribution is 7.92. The second-order valence-corrected chi connectivity index (χ2v) is 8.37. The fourth-order valence-corrected chi connectivity index (χ4v) is 4.08. The Balaban J connectivity index is 1.73. The number of nitrogens with one attached hydrogen (secondary N) is 1. The second-order valence-electron chi connectivity index (χ2n) is 6.68. The summed E-state index contributed by atoms with van der Waals surface area (Å²) in [6.45, 7) is 0. The first-order chi connectivity index (χ1) is 15.3. The number of rotatable bonds is 6. The van der Waals surface area contributed by atoms with Crippen molar-refractivity contribution in [3.8, 4) is 5.88 Å². The second kappa shape index (κ2) is 8.31. The van der Waals surface area contributed by atoms with E-state index in [2.05, 4.69) is 14.7 Å². The predicted molar refractivity (Wildman–Crippen MR) is 113 cm³/mol. The third-order valence-corrected chi connectivity index (χ3v) is 5.97. The Kier molecular flexibility index (Phi) is 5.54. The van der Waals surface area contributed by atoms with Gasteiger partial charge in [0.25, 0.3) is 10.0 Å². The smallest absolute Gasteiger partial charge is 0.261 e. The number of halogens is 2. The van der Waals surface area contributed by atoms with Crippen LogP contribution in [0.3, 0.4) is 0 Å². The zero-order chi connectivity index (χ0) is 22.9. The summed E-state index contributed by atoms with van der Waals surface area (Å²) in [6.07, 6.45) is 1.40. The molecule has 0 saturated heterocycles. The van der Waals surface area contributed by atoms with Crippen molar-refractivity contribution in [2.75, 3.05) is 11.8 Å². The van der Waals surface area contributed by atoms with Crippen LogP contribution in [0.1, 0.15) is 15.9 Å². The number of fused-ring (bicyclic) bond motifs is 1. The van der Waals surface area contributed by atoms with Gasteiger partial charge in [0.15, 0.2) is 17.4 Å². The van der Waals surface area contributed by atoms with Crippen molar-refractivity contribution < 1.29 is 26.7 Å². The summed E-state index contributed by atoms with van der Waals surface area (Å²) in [4.78, 5) is 21.2. The van der Waals surface area contributed by atoms with E-state index in [1.165, 1.54) is 55.8 Å². The van der Waals surface area contributed by atoms with Crippen LogP contribution in [0.4, 0.5) is 14.5 Å². The number of benzene rings is 3. The number of carbonyl (C=O) groups is 1. The molecule has 0 aliphatic rings. The maximum atomic E-state index is 14.5. The van der Waals surface area contributed by atoms with Crippen molar-refractivity contribution >= 4 is 32.5 Å². The van der Waals surface area contributed by atoms with Crippen molar-refractivity contribution in [1.82, 2.24) is 9.97 Å². The molecule has 0 spiro atoms. The number of anilines is 1. The van der Waals surface area contributed by atoms with Crippen molar-refractivity contribution in [3.63, 3.8) is 0 Å². The van der Waals surface area contributed by atoms with Gasteiger partial charge in [-0.1, -0.05) is 18.2 Å². The Labute approximate surface area is 181 Å². The summed E-state index contributed by atoms with van der Waals surface area (Å²) in [7, 11) is -2.66. The number of hydrogen-bond acceptors (Lipinski definition) is 6. The van der Waals surface area contributed by atoms with E-state index in [4.69, 9.17) is 4.74 Å². The molecular weight excluding hydrogens is 440 g/mol. The molecule has 0 bridgehead atoms. The molecule has 0 radical (unpaired) electrons. The van der Waals surface area contributed by atoms with Gasteiger partial charge >= 0.3 is 0 Å². The number of ketones is 1. The summed E-state index contributed by atoms with van der Waals surface area (Å²) in [6, 6.07) is 13.2. The molecule has 0 aliphatic heterocycles. The normalized spacial score (nSPS) is 11.3. The van der Waals surface area contributed by atoms with Crippen molar-refractivity contribution in [2.24, 2.45) is 0 Å². The van der Waals surface area contributed by atoms with E-state index in [1.54, 1.807) is 6.07 Å². The zero-order valence-corrected chi connectivity index (χ0v) is 17.4. The van der Waals surface area contributed by atoms with E-state index in [0.717, 1.165) is 6.07 Å². The lowest BCUT2D eigenvalue weighted by molar-refractivity contribution is 0.103. The molecule has 162 valence electrons. The van der Waals surface area contributed by atoms with E-state index in [-0.39, 0.29) is 22.0 Å². The predicted octanol–water partition coefficient (Wildman–Crippen LogP) is 3.95. The molecule has 10 heteroatoms. The van der Waals surface area contributed by atoms with E-state index < -0.39 is 33.0 Å². The maximum Gasteiger partial charge on any atom is 0.261 e. The van der Waals surface area contributed by atoms with Crippen molar-refractivity contribution in [1.29, 1.82) is 0 Å². The molecule has 32 heavy (non-hydrogen) atoms. The van der Waals surface area contributed by atoms with Gasteiger partial charge in [-0.3, -0.25) is 9.52 Å². The van der Waals surface area contributed by atoms with Gasteiger partial charge in [0.2, 0.25) is 5.88 Å². The molecule has 3 aromatic carbocycles. The minimum Gasteiger partial charge on any atom is -0.480 e. The van der Waals surface area contributed by atoms with Gasteiger partial charge in [-0.15, -0.1) is 0 Å².